The maximum atomic E-state index is 11.6. The number of anilines is 1. The van der Waals surface area contributed by atoms with E-state index in [1.165, 1.54) is 11.3 Å². The standard InChI is InChI=1S/C11H15N3O5S/c1-11(2,3)19-9(17)7(8(15)16)14-18-4-6-5-20-10(12)13-6/h5H,4H2,1-3H3,(H2,12,13)(H,15,16). The summed E-state index contributed by atoms with van der Waals surface area (Å²) in [5.41, 5.74) is 4.26. The zero-order valence-corrected chi connectivity index (χ0v) is 12.1. The molecule has 9 heteroatoms. The molecule has 0 bridgehead atoms. The van der Waals surface area contributed by atoms with Gasteiger partial charge in [-0.3, -0.25) is 0 Å². The van der Waals surface area contributed by atoms with Crippen LogP contribution in [0.4, 0.5) is 5.13 Å². The maximum absolute atomic E-state index is 11.6. The predicted molar refractivity (Wildman–Crippen MR) is 72.2 cm³/mol. The monoisotopic (exact) mass is 301 g/mol. The van der Waals surface area contributed by atoms with Crippen LogP contribution in [0.15, 0.2) is 10.5 Å². The number of nitrogens with two attached hydrogens (primary N) is 1. The lowest BCUT2D eigenvalue weighted by atomic mass is 10.2. The van der Waals surface area contributed by atoms with Crippen LogP contribution in [-0.4, -0.2) is 33.3 Å². The van der Waals surface area contributed by atoms with Crippen molar-refractivity contribution < 1.29 is 24.3 Å². The highest BCUT2D eigenvalue weighted by Gasteiger charge is 2.27. The van der Waals surface area contributed by atoms with E-state index >= 15 is 0 Å². The fourth-order valence-electron chi connectivity index (χ4n) is 1.04. The third-order valence-corrected chi connectivity index (χ3v) is 2.46. The number of nitrogen functional groups attached to an aromatic ring is 1. The van der Waals surface area contributed by atoms with E-state index in [1.54, 1.807) is 26.2 Å². The Kier molecular flexibility index (Phi) is 5.03. The molecule has 0 saturated heterocycles. The Morgan fingerprint density at radius 3 is 2.60 bits per heavy atom. The molecule has 1 rings (SSSR count). The van der Waals surface area contributed by atoms with Crippen LogP contribution in [0.1, 0.15) is 26.5 Å². The van der Waals surface area contributed by atoms with Crippen LogP contribution >= 0.6 is 11.3 Å². The topological polar surface area (TPSA) is 124 Å². The number of carbonyl (C=O) groups is 2. The van der Waals surface area contributed by atoms with Crippen molar-refractivity contribution in [3.05, 3.63) is 11.1 Å². The summed E-state index contributed by atoms with van der Waals surface area (Å²) in [5.74, 6) is -2.60. The number of carbonyl (C=O) groups excluding carboxylic acids is 1. The van der Waals surface area contributed by atoms with E-state index in [-0.39, 0.29) is 6.61 Å². The van der Waals surface area contributed by atoms with Crippen molar-refractivity contribution in [3.63, 3.8) is 0 Å². The number of carboxylic acids is 1. The number of rotatable bonds is 5. The molecule has 8 nitrogen and oxygen atoms in total. The highest BCUT2D eigenvalue weighted by atomic mass is 32.1. The van der Waals surface area contributed by atoms with Crippen molar-refractivity contribution >= 4 is 34.1 Å². The van der Waals surface area contributed by atoms with Crippen LogP contribution in [0.5, 0.6) is 0 Å². The minimum absolute atomic E-state index is 0.0900. The number of esters is 1. The smallest absolute Gasteiger partial charge is 0.368 e. The summed E-state index contributed by atoms with van der Waals surface area (Å²) in [6.07, 6.45) is 0. The third-order valence-electron chi connectivity index (χ3n) is 1.73. The minimum Gasteiger partial charge on any atom is -0.476 e. The predicted octanol–water partition coefficient (Wildman–Crippen LogP) is 1.02. The van der Waals surface area contributed by atoms with Crippen LogP contribution in [0.25, 0.3) is 0 Å². The molecule has 0 amide bonds. The highest BCUT2D eigenvalue weighted by molar-refractivity contribution is 7.13. The van der Waals surface area contributed by atoms with Crippen molar-refractivity contribution in [2.45, 2.75) is 33.0 Å². The number of nitrogens with zero attached hydrogens (tertiary/aromatic N) is 2. The summed E-state index contributed by atoms with van der Waals surface area (Å²) in [6, 6.07) is 0. The third kappa shape index (κ3) is 5.22. The minimum atomic E-state index is -1.53. The van der Waals surface area contributed by atoms with Gasteiger partial charge in [-0.1, -0.05) is 5.16 Å². The summed E-state index contributed by atoms with van der Waals surface area (Å²) >= 11 is 1.21. The van der Waals surface area contributed by atoms with Crippen molar-refractivity contribution in [2.24, 2.45) is 5.16 Å². The molecular weight excluding hydrogens is 286 g/mol. The number of hydrogen-bond donors (Lipinski definition) is 2. The van der Waals surface area contributed by atoms with Crippen LogP contribution in [0.2, 0.25) is 0 Å². The Balaban J connectivity index is 2.68. The van der Waals surface area contributed by atoms with E-state index in [0.717, 1.165) is 0 Å². The summed E-state index contributed by atoms with van der Waals surface area (Å²) in [5, 5.41) is 14.2. The number of thiazole rings is 1. The first kappa shape index (κ1) is 15.9. The number of aromatic nitrogens is 1. The molecule has 3 N–H and O–H groups in total. The number of carboxylic acid groups (broad SMARTS) is 1. The van der Waals surface area contributed by atoms with Gasteiger partial charge in [-0.05, 0) is 20.8 Å². The van der Waals surface area contributed by atoms with Crippen molar-refractivity contribution in [3.8, 4) is 0 Å². The second kappa shape index (κ2) is 6.33. The first-order chi connectivity index (χ1) is 9.19. The molecule has 0 atom stereocenters. The summed E-state index contributed by atoms with van der Waals surface area (Å²) in [6.45, 7) is 4.75. The van der Waals surface area contributed by atoms with Gasteiger partial charge >= 0.3 is 11.9 Å². The van der Waals surface area contributed by atoms with Gasteiger partial charge < -0.3 is 20.4 Å². The Morgan fingerprint density at radius 2 is 2.15 bits per heavy atom. The van der Waals surface area contributed by atoms with Gasteiger partial charge in [0.25, 0.3) is 5.71 Å². The zero-order chi connectivity index (χ0) is 15.3. The Labute approximate surface area is 119 Å². The molecule has 0 aliphatic heterocycles. The molecule has 0 aromatic carbocycles. The molecule has 0 radical (unpaired) electrons. The van der Waals surface area contributed by atoms with Gasteiger partial charge in [0, 0.05) is 5.38 Å². The molecule has 0 fully saturated rings. The Bertz CT molecular complexity index is 532. The second-order valence-corrected chi connectivity index (χ2v) is 5.59. The lowest BCUT2D eigenvalue weighted by Crippen LogP contribution is -2.33. The molecular formula is C11H15N3O5S. The van der Waals surface area contributed by atoms with Crippen molar-refractivity contribution in [1.82, 2.24) is 4.98 Å². The molecule has 20 heavy (non-hydrogen) atoms. The fraction of sp³-hybridized carbons (Fsp3) is 0.455. The average Bonchev–Trinajstić information content (AvgIpc) is 2.67. The van der Waals surface area contributed by atoms with E-state index in [2.05, 4.69) is 10.1 Å². The van der Waals surface area contributed by atoms with E-state index < -0.39 is 23.3 Å². The van der Waals surface area contributed by atoms with E-state index in [9.17, 15) is 9.59 Å². The van der Waals surface area contributed by atoms with E-state index in [4.69, 9.17) is 20.4 Å². The molecule has 0 aliphatic carbocycles. The average molecular weight is 301 g/mol. The lowest BCUT2D eigenvalue weighted by molar-refractivity contribution is -0.147. The highest BCUT2D eigenvalue weighted by Crippen LogP contribution is 2.12. The normalized spacial score (nSPS) is 12.1. The molecule has 110 valence electrons. The lowest BCUT2D eigenvalue weighted by Gasteiger charge is -2.18. The van der Waals surface area contributed by atoms with Crippen LogP contribution in [0.3, 0.4) is 0 Å². The fourth-order valence-corrected chi connectivity index (χ4v) is 1.59. The summed E-state index contributed by atoms with van der Waals surface area (Å²) in [7, 11) is 0. The van der Waals surface area contributed by atoms with Crippen LogP contribution in [-0.2, 0) is 25.8 Å². The molecule has 1 aromatic heterocycles. The quantitative estimate of drug-likeness (QED) is 0.360. The molecule has 0 aliphatic rings. The summed E-state index contributed by atoms with van der Waals surface area (Å²) in [4.78, 5) is 31.2. The van der Waals surface area contributed by atoms with Gasteiger partial charge in [0.1, 0.15) is 5.60 Å². The Morgan fingerprint density at radius 1 is 1.50 bits per heavy atom. The SMILES string of the molecule is CC(C)(C)OC(=O)C(=NOCc1csc(N)n1)C(=O)O. The van der Waals surface area contributed by atoms with Gasteiger partial charge in [0.15, 0.2) is 11.7 Å². The maximum Gasteiger partial charge on any atom is 0.368 e. The molecule has 0 spiro atoms. The molecule has 0 saturated carbocycles. The van der Waals surface area contributed by atoms with Crippen LogP contribution < -0.4 is 5.73 Å². The van der Waals surface area contributed by atoms with Gasteiger partial charge in [0.2, 0.25) is 0 Å². The summed E-state index contributed by atoms with van der Waals surface area (Å²) < 4.78 is 4.90. The van der Waals surface area contributed by atoms with Crippen molar-refractivity contribution in [2.75, 3.05) is 5.73 Å². The first-order valence-electron chi connectivity index (χ1n) is 5.55. The largest absolute Gasteiger partial charge is 0.476 e. The molecule has 1 heterocycles. The van der Waals surface area contributed by atoms with Gasteiger partial charge in [0.05, 0.1) is 5.69 Å². The van der Waals surface area contributed by atoms with E-state index in [1.807, 2.05) is 0 Å². The number of oxime groups is 1. The number of ether oxygens (including phenoxy) is 1. The second-order valence-electron chi connectivity index (χ2n) is 4.70. The van der Waals surface area contributed by atoms with Gasteiger partial charge in [-0.2, -0.15) is 0 Å². The van der Waals surface area contributed by atoms with Crippen molar-refractivity contribution in [1.29, 1.82) is 0 Å². The molecule has 1 aromatic rings. The first-order valence-corrected chi connectivity index (χ1v) is 6.43. The number of hydrogen-bond acceptors (Lipinski definition) is 8. The van der Waals surface area contributed by atoms with Gasteiger partial charge in [-0.25, -0.2) is 14.6 Å². The van der Waals surface area contributed by atoms with E-state index in [0.29, 0.717) is 10.8 Å². The zero-order valence-electron chi connectivity index (χ0n) is 11.2. The van der Waals surface area contributed by atoms with Gasteiger partial charge in [-0.15, -0.1) is 11.3 Å². The number of aliphatic carboxylic acids is 1. The van der Waals surface area contributed by atoms with Crippen LogP contribution in [0, 0.1) is 0 Å². The molecule has 0 unspecified atom stereocenters. The Hall–Kier alpha value is -2.16.